The molecule has 68 valence electrons. The van der Waals surface area contributed by atoms with Gasteiger partial charge in [-0.25, -0.2) is 0 Å². The van der Waals surface area contributed by atoms with Gasteiger partial charge in [-0.05, 0) is 31.1 Å². The Morgan fingerprint density at radius 2 is 2.33 bits per heavy atom. The lowest BCUT2D eigenvalue weighted by atomic mass is 10.0. The SMILES string of the molecule is COC(=O)C1(CN)CC1C1CC1. The summed E-state index contributed by atoms with van der Waals surface area (Å²) in [4.78, 5) is 11.4. The molecule has 0 radical (unpaired) electrons. The highest BCUT2D eigenvalue weighted by Gasteiger charge is 2.64. The van der Waals surface area contributed by atoms with Crippen molar-refractivity contribution in [3.63, 3.8) is 0 Å². The van der Waals surface area contributed by atoms with E-state index in [2.05, 4.69) is 0 Å². The Labute approximate surface area is 72.3 Å². The van der Waals surface area contributed by atoms with Gasteiger partial charge in [0.2, 0.25) is 0 Å². The summed E-state index contributed by atoms with van der Waals surface area (Å²) >= 11 is 0. The fourth-order valence-electron chi connectivity index (χ4n) is 2.21. The normalized spacial score (nSPS) is 39.3. The first-order chi connectivity index (χ1) is 5.74. The number of methoxy groups -OCH3 is 1. The molecule has 2 aliphatic carbocycles. The molecular formula is C9H15NO2. The van der Waals surface area contributed by atoms with Gasteiger partial charge in [0, 0.05) is 6.54 Å². The molecule has 2 fully saturated rings. The molecule has 2 atom stereocenters. The third-order valence-corrected chi connectivity index (χ3v) is 3.28. The fourth-order valence-corrected chi connectivity index (χ4v) is 2.21. The van der Waals surface area contributed by atoms with E-state index in [0.717, 1.165) is 12.3 Å². The minimum absolute atomic E-state index is 0.0955. The van der Waals surface area contributed by atoms with Gasteiger partial charge in [0.25, 0.3) is 0 Å². The highest BCUT2D eigenvalue weighted by molar-refractivity contribution is 5.81. The molecule has 2 rings (SSSR count). The molecule has 3 nitrogen and oxygen atoms in total. The van der Waals surface area contributed by atoms with Crippen LogP contribution in [0, 0.1) is 17.3 Å². The standard InChI is InChI=1S/C9H15NO2/c1-12-8(11)9(5-10)4-7(9)6-2-3-6/h6-7H,2-5,10H2,1H3. The second kappa shape index (κ2) is 2.46. The number of ether oxygens (including phenoxy) is 1. The van der Waals surface area contributed by atoms with Crippen LogP contribution in [0.25, 0.3) is 0 Å². The van der Waals surface area contributed by atoms with Crippen LogP contribution in [0.3, 0.4) is 0 Å². The first-order valence-corrected chi connectivity index (χ1v) is 4.53. The van der Waals surface area contributed by atoms with Crippen LogP contribution >= 0.6 is 0 Å². The molecule has 0 saturated heterocycles. The molecule has 0 amide bonds. The van der Waals surface area contributed by atoms with E-state index in [-0.39, 0.29) is 11.4 Å². The molecule has 12 heavy (non-hydrogen) atoms. The topological polar surface area (TPSA) is 52.3 Å². The third kappa shape index (κ3) is 0.959. The lowest BCUT2D eigenvalue weighted by molar-refractivity contribution is -0.147. The van der Waals surface area contributed by atoms with Crippen LogP contribution in [0.2, 0.25) is 0 Å². The van der Waals surface area contributed by atoms with E-state index in [4.69, 9.17) is 10.5 Å². The van der Waals surface area contributed by atoms with E-state index >= 15 is 0 Å². The Kier molecular flexibility index (Phi) is 1.65. The van der Waals surface area contributed by atoms with Crippen LogP contribution in [0.5, 0.6) is 0 Å². The third-order valence-electron chi connectivity index (χ3n) is 3.28. The average Bonchev–Trinajstić information content (AvgIpc) is 2.94. The number of carbonyl (C=O) groups is 1. The van der Waals surface area contributed by atoms with Crippen LogP contribution < -0.4 is 5.73 Å². The molecule has 0 aromatic heterocycles. The predicted molar refractivity (Wildman–Crippen MR) is 44.3 cm³/mol. The van der Waals surface area contributed by atoms with Gasteiger partial charge in [0.15, 0.2) is 0 Å². The maximum atomic E-state index is 11.4. The molecule has 0 heterocycles. The van der Waals surface area contributed by atoms with Crippen molar-refractivity contribution >= 4 is 5.97 Å². The summed E-state index contributed by atoms with van der Waals surface area (Å²) < 4.78 is 4.76. The van der Waals surface area contributed by atoms with Gasteiger partial charge in [0.05, 0.1) is 12.5 Å². The Bertz CT molecular complexity index is 213. The highest BCUT2D eigenvalue weighted by Crippen LogP contribution is 2.62. The smallest absolute Gasteiger partial charge is 0.313 e. The van der Waals surface area contributed by atoms with Crippen molar-refractivity contribution in [1.82, 2.24) is 0 Å². The van der Waals surface area contributed by atoms with Crippen LogP contribution in [0.1, 0.15) is 19.3 Å². The van der Waals surface area contributed by atoms with E-state index in [1.165, 1.54) is 20.0 Å². The summed E-state index contributed by atoms with van der Waals surface area (Å²) in [6.45, 7) is 0.459. The molecule has 0 bridgehead atoms. The maximum Gasteiger partial charge on any atom is 0.313 e. The van der Waals surface area contributed by atoms with Crippen molar-refractivity contribution in [1.29, 1.82) is 0 Å². The molecule has 2 unspecified atom stereocenters. The molecule has 0 aliphatic heterocycles. The Balaban J connectivity index is 2.03. The van der Waals surface area contributed by atoms with Gasteiger partial charge in [0.1, 0.15) is 0 Å². The van der Waals surface area contributed by atoms with Gasteiger partial charge >= 0.3 is 5.97 Å². The molecule has 0 spiro atoms. The second-order valence-corrected chi connectivity index (χ2v) is 4.00. The number of carbonyl (C=O) groups excluding carboxylic acids is 1. The van der Waals surface area contributed by atoms with Crippen molar-refractivity contribution < 1.29 is 9.53 Å². The zero-order valence-corrected chi connectivity index (χ0v) is 7.38. The monoisotopic (exact) mass is 169 g/mol. The summed E-state index contributed by atoms with van der Waals surface area (Å²) in [7, 11) is 1.45. The van der Waals surface area contributed by atoms with Crippen LogP contribution in [-0.4, -0.2) is 19.6 Å². The maximum absolute atomic E-state index is 11.4. The Morgan fingerprint density at radius 1 is 1.67 bits per heavy atom. The van der Waals surface area contributed by atoms with Crippen LogP contribution in [0.4, 0.5) is 0 Å². The lowest BCUT2D eigenvalue weighted by Gasteiger charge is -2.11. The largest absolute Gasteiger partial charge is 0.469 e. The van der Waals surface area contributed by atoms with Crippen molar-refractivity contribution in [3.05, 3.63) is 0 Å². The van der Waals surface area contributed by atoms with Gasteiger partial charge in [-0.15, -0.1) is 0 Å². The Morgan fingerprint density at radius 3 is 2.75 bits per heavy atom. The van der Waals surface area contributed by atoms with Crippen LogP contribution in [0.15, 0.2) is 0 Å². The molecule has 2 N–H and O–H groups in total. The molecule has 2 saturated carbocycles. The van der Waals surface area contributed by atoms with Gasteiger partial charge < -0.3 is 10.5 Å². The van der Waals surface area contributed by atoms with Crippen molar-refractivity contribution in [2.75, 3.05) is 13.7 Å². The second-order valence-electron chi connectivity index (χ2n) is 4.00. The van der Waals surface area contributed by atoms with E-state index in [1.807, 2.05) is 0 Å². The summed E-state index contributed by atoms with van der Waals surface area (Å²) in [5, 5.41) is 0. The lowest BCUT2D eigenvalue weighted by Crippen LogP contribution is -2.29. The average molecular weight is 169 g/mol. The Hall–Kier alpha value is -0.570. The van der Waals surface area contributed by atoms with Crippen molar-refractivity contribution in [2.45, 2.75) is 19.3 Å². The summed E-state index contributed by atoms with van der Waals surface area (Å²) in [5.74, 6) is 1.21. The zero-order chi connectivity index (χ0) is 8.77. The number of hydrogen-bond donors (Lipinski definition) is 1. The number of rotatable bonds is 3. The molecular weight excluding hydrogens is 154 g/mol. The van der Waals surface area contributed by atoms with E-state index < -0.39 is 0 Å². The first-order valence-electron chi connectivity index (χ1n) is 4.53. The summed E-state index contributed by atoms with van der Waals surface area (Å²) in [5.41, 5.74) is 5.32. The number of hydrogen-bond acceptors (Lipinski definition) is 3. The van der Waals surface area contributed by atoms with Crippen molar-refractivity contribution in [2.24, 2.45) is 23.0 Å². The predicted octanol–water partition coefficient (Wildman–Crippen LogP) is 0.534. The summed E-state index contributed by atoms with van der Waals surface area (Å²) in [6.07, 6.45) is 3.52. The highest BCUT2D eigenvalue weighted by atomic mass is 16.5. The van der Waals surface area contributed by atoms with E-state index in [1.54, 1.807) is 0 Å². The minimum atomic E-state index is -0.282. The van der Waals surface area contributed by atoms with Gasteiger partial charge in [-0.1, -0.05) is 0 Å². The number of nitrogens with two attached hydrogens (primary N) is 1. The number of esters is 1. The molecule has 0 aromatic rings. The van der Waals surface area contributed by atoms with Crippen molar-refractivity contribution in [3.8, 4) is 0 Å². The molecule has 2 aliphatic rings. The summed E-state index contributed by atoms with van der Waals surface area (Å²) in [6, 6.07) is 0. The molecule has 3 heteroatoms. The quantitative estimate of drug-likeness (QED) is 0.627. The molecule has 0 aromatic carbocycles. The van der Waals surface area contributed by atoms with E-state index in [9.17, 15) is 4.79 Å². The van der Waals surface area contributed by atoms with Gasteiger partial charge in [-0.3, -0.25) is 4.79 Å². The fraction of sp³-hybridized carbons (Fsp3) is 0.889. The van der Waals surface area contributed by atoms with Gasteiger partial charge in [-0.2, -0.15) is 0 Å². The van der Waals surface area contributed by atoms with E-state index in [0.29, 0.717) is 12.5 Å². The first kappa shape index (κ1) is 8.05. The van der Waals surface area contributed by atoms with Crippen LogP contribution in [-0.2, 0) is 9.53 Å². The zero-order valence-electron chi connectivity index (χ0n) is 7.38. The minimum Gasteiger partial charge on any atom is -0.469 e.